The van der Waals surface area contributed by atoms with Gasteiger partial charge in [0, 0.05) is 17.3 Å². The molecular formula is C10H13N5O. The molecule has 0 aromatic carbocycles. The van der Waals surface area contributed by atoms with Crippen LogP contribution in [0.3, 0.4) is 0 Å². The third-order valence-electron chi connectivity index (χ3n) is 2.44. The highest BCUT2D eigenvalue weighted by Crippen LogP contribution is 2.10. The predicted molar refractivity (Wildman–Crippen MR) is 60.6 cm³/mol. The second-order valence-corrected chi connectivity index (χ2v) is 3.72. The van der Waals surface area contributed by atoms with Gasteiger partial charge in [0.15, 0.2) is 0 Å². The van der Waals surface area contributed by atoms with Crippen LogP contribution in [0.2, 0.25) is 0 Å². The smallest absolute Gasteiger partial charge is 0.255 e. The van der Waals surface area contributed by atoms with E-state index < -0.39 is 0 Å². The molecule has 2 aromatic heterocycles. The van der Waals surface area contributed by atoms with E-state index >= 15 is 0 Å². The lowest BCUT2D eigenvalue weighted by Crippen LogP contribution is -2.18. The highest BCUT2D eigenvalue weighted by molar-refractivity contribution is 5.36. The van der Waals surface area contributed by atoms with Gasteiger partial charge in [-0.2, -0.15) is 9.78 Å². The third-order valence-corrected chi connectivity index (χ3v) is 2.44. The van der Waals surface area contributed by atoms with Gasteiger partial charge in [-0.1, -0.05) is 0 Å². The van der Waals surface area contributed by atoms with E-state index in [2.05, 4.69) is 15.1 Å². The van der Waals surface area contributed by atoms with Crippen molar-refractivity contribution in [1.82, 2.24) is 19.7 Å². The van der Waals surface area contributed by atoms with Crippen molar-refractivity contribution in [2.45, 2.75) is 20.8 Å². The maximum Gasteiger partial charge on any atom is 0.255 e. The minimum absolute atomic E-state index is 0.171. The normalized spacial score (nSPS) is 10.7. The number of aromatic amines is 1. The molecule has 0 saturated heterocycles. The Hall–Kier alpha value is -2.11. The maximum absolute atomic E-state index is 11.6. The first-order valence-electron chi connectivity index (χ1n) is 4.89. The molecule has 0 saturated carbocycles. The zero-order valence-corrected chi connectivity index (χ0v) is 9.40. The van der Waals surface area contributed by atoms with Gasteiger partial charge in [0.1, 0.15) is 5.82 Å². The Labute approximate surface area is 92.1 Å². The Morgan fingerprint density at radius 2 is 2.06 bits per heavy atom. The van der Waals surface area contributed by atoms with Gasteiger partial charge in [0.05, 0.1) is 5.69 Å². The number of aromatic nitrogens is 4. The molecule has 3 N–H and O–H groups in total. The van der Waals surface area contributed by atoms with E-state index in [1.54, 1.807) is 19.9 Å². The summed E-state index contributed by atoms with van der Waals surface area (Å²) in [6, 6.07) is 1.72. The minimum atomic E-state index is -0.171. The van der Waals surface area contributed by atoms with Crippen LogP contribution in [0.4, 0.5) is 5.82 Å². The Balaban J connectivity index is 2.66. The third kappa shape index (κ3) is 1.58. The van der Waals surface area contributed by atoms with E-state index in [1.807, 2.05) is 6.92 Å². The monoisotopic (exact) mass is 219 g/mol. The van der Waals surface area contributed by atoms with Gasteiger partial charge < -0.3 is 5.73 Å². The zero-order chi connectivity index (χ0) is 11.9. The molecule has 6 nitrogen and oxygen atoms in total. The summed E-state index contributed by atoms with van der Waals surface area (Å²) >= 11 is 0. The van der Waals surface area contributed by atoms with Gasteiger partial charge in [0.25, 0.3) is 5.56 Å². The minimum Gasteiger partial charge on any atom is -0.383 e. The van der Waals surface area contributed by atoms with Crippen molar-refractivity contribution in [3.8, 4) is 5.95 Å². The number of anilines is 1. The fourth-order valence-electron chi connectivity index (χ4n) is 1.42. The molecule has 0 atom stereocenters. The average Bonchev–Trinajstić information content (AvgIpc) is 2.53. The number of nitrogens with zero attached hydrogens (tertiary/aromatic N) is 3. The van der Waals surface area contributed by atoms with E-state index in [0.717, 1.165) is 5.69 Å². The summed E-state index contributed by atoms with van der Waals surface area (Å²) < 4.78 is 1.42. The van der Waals surface area contributed by atoms with Crippen molar-refractivity contribution in [3.63, 3.8) is 0 Å². The zero-order valence-electron chi connectivity index (χ0n) is 9.40. The first-order chi connectivity index (χ1) is 7.49. The largest absolute Gasteiger partial charge is 0.383 e. The van der Waals surface area contributed by atoms with Crippen molar-refractivity contribution in [3.05, 3.63) is 33.4 Å². The van der Waals surface area contributed by atoms with Gasteiger partial charge >= 0.3 is 0 Å². The number of rotatable bonds is 1. The quantitative estimate of drug-likeness (QED) is 0.729. The van der Waals surface area contributed by atoms with E-state index in [-0.39, 0.29) is 5.56 Å². The molecule has 0 aliphatic heterocycles. The summed E-state index contributed by atoms with van der Waals surface area (Å²) in [6.45, 7) is 5.33. The number of hydrogen-bond acceptors (Lipinski definition) is 4. The Bertz CT molecular complexity index is 596. The molecule has 84 valence electrons. The van der Waals surface area contributed by atoms with Crippen LogP contribution in [-0.2, 0) is 0 Å². The molecule has 2 aromatic rings. The van der Waals surface area contributed by atoms with Crippen LogP contribution in [0.15, 0.2) is 10.9 Å². The summed E-state index contributed by atoms with van der Waals surface area (Å²) in [6.07, 6.45) is 0. The summed E-state index contributed by atoms with van der Waals surface area (Å²) in [7, 11) is 0. The van der Waals surface area contributed by atoms with Crippen molar-refractivity contribution < 1.29 is 0 Å². The topological polar surface area (TPSA) is 89.6 Å². The van der Waals surface area contributed by atoms with Crippen molar-refractivity contribution in [2.24, 2.45) is 0 Å². The van der Waals surface area contributed by atoms with Crippen LogP contribution >= 0.6 is 0 Å². The fourth-order valence-corrected chi connectivity index (χ4v) is 1.42. The number of aryl methyl sites for hydroxylation is 2. The number of nitrogen functional groups attached to an aromatic ring is 1. The number of nitrogens with two attached hydrogens (primary N) is 1. The van der Waals surface area contributed by atoms with Crippen molar-refractivity contribution in [1.29, 1.82) is 0 Å². The fraction of sp³-hybridized carbons (Fsp3) is 0.300. The molecule has 0 fully saturated rings. The molecule has 2 rings (SSSR count). The predicted octanol–water partition coefficient (Wildman–Crippen LogP) is 0.463. The molecule has 16 heavy (non-hydrogen) atoms. The van der Waals surface area contributed by atoms with Crippen LogP contribution in [0.25, 0.3) is 5.95 Å². The molecule has 0 aliphatic rings. The van der Waals surface area contributed by atoms with Crippen LogP contribution in [0, 0.1) is 20.8 Å². The standard InChI is InChI=1S/C10H13N5O/c1-5-4-8(11)15(14-5)10-12-7(3)6(2)9(16)13-10/h4H,11H2,1-3H3,(H,12,13,16). The van der Waals surface area contributed by atoms with Gasteiger partial charge in [-0.05, 0) is 20.8 Å². The maximum atomic E-state index is 11.6. The van der Waals surface area contributed by atoms with Gasteiger partial charge in [0.2, 0.25) is 5.95 Å². The molecule has 2 heterocycles. The Morgan fingerprint density at radius 3 is 2.56 bits per heavy atom. The molecule has 6 heteroatoms. The summed E-state index contributed by atoms with van der Waals surface area (Å²) in [5, 5.41) is 4.15. The number of nitrogens with one attached hydrogen (secondary N) is 1. The first-order valence-corrected chi connectivity index (χ1v) is 4.89. The van der Waals surface area contributed by atoms with Crippen molar-refractivity contribution in [2.75, 3.05) is 5.73 Å². The Morgan fingerprint density at radius 1 is 1.38 bits per heavy atom. The lowest BCUT2D eigenvalue weighted by molar-refractivity contribution is 0.787. The van der Waals surface area contributed by atoms with Crippen LogP contribution in [0.1, 0.15) is 17.0 Å². The first kappa shape index (κ1) is 10.4. The van der Waals surface area contributed by atoms with Gasteiger partial charge in [-0.3, -0.25) is 9.78 Å². The van der Waals surface area contributed by atoms with E-state index in [0.29, 0.717) is 23.0 Å². The molecule has 0 unspecified atom stereocenters. The Kier molecular flexibility index (Phi) is 2.26. The highest BCUT2D eigenvalue weighted by Gasteiger charge is 2.09. The SMILES string of the molecule is Cc1cc(N)n(-c2nc(C)c(C)c(=O)[nH]2)n1. The molecule has 0 radical (unpaired) electrons. The summed E-state index contributed by atoms with van der Waals surface area (Å²) in [5.41, 5.74) is 7.63. The molecule has 0 aliphatic carbocycles. The molecule has 0 spiro atoms. The van der Waals surface area contributed by atoms with Crippen LogP contribution in [-0.4, -0.2) is 19.7 Å². The van der Waals surface area contributed by atoms with E-state index in [9.17, 15) is 4.79 Å². The average molecular weight is 219 g/mol. The van der Waals surface area contributed by atoms with E-state index in [4.69, 9.17) is 5.73 Å². The lowest BCUT2D eigenvalue weighted by atomic mass is 10.3. The second kappa shape index (κ2) is 3.48. The van der Waals surface area contributed by atoms with Gasteiger partial charge in [-0.25, -0.2) is 4.98 Å². The second-order valence-electron chi connectivity index (χ2n) is 3.72. The van der Waals surface area contributed by atoms with Crippen LogP contribution in [0.5, 0.6) is 0 Å². The molecule has 0 amide bonds. The lowest BCUT2D eigenvalue weighted by Gasteiger charge is -2.05. The summed E-state index contributed by atoms with van der Waals surface area (Å²) in [4.78, 5) is 18.5. The van der Waals surface area contributed by atoms with Crippen molar-refractivity contribution >= 4 is 5.82 Å². The molecule has 0 bridgehead atoms. The highest BCUT2D eigenvalue weighted by atomic mass is 16.1. The number of H-pyrrole nitrogens is 1. The van der Waals surface area contributed by atoms with Crippen LogP contribution < -0.4 is 11.3 Å². The molecular weight excluding hydrogens is 206 g/mol. The summed E-state index contributed by atoms with van der Waals surface area (Å²) in [5.74, 6) is 0.794. The number of hydrogen-bond donors (Lipinski definition) is 2. The van der Waals surface area contributed by atoms with E-state index in [1.165, 1.54) is 4.68 Å². The van der Waals surface area contributed by atoms with Gasteiger partial charge in [-0.15, -0.1) is 0 Å².